The van der Waals surface area contributed by atoms with Crippen molar-refractivity contribution in [3.8, 4) is 0 Å². The molecule has 5 nitrogen and oxygen atoms in total. The van der Waals surface area contributed by atoms with E-state index in [2.05, 4.69) is 25.6 Å². The van der Waals surface area contributed by atoms with Crippen LogP contribution < -0.4 is 4.72 Å². The molecular formula is C11H20BrN3O2S. The highest BCUT2D eigenvalue weighted by molar-refractivity contribution is 9.09. The first-order valence-corrected chi connectivity index (χ1v) is 8.50. The van der Waals surface area contributed by atoms with Gasteiger partial charge in [0.25, 0.3) is 10.0 Å². The fraction of sp³-hybridized carbons (Fsp3) is 0.727. The number of imidazole rings is 1. The lowest BCUT2D eigenvalue weighted by molar-refractivity contribution is 0.398. The Morgan fingerprint density at radius 1 is 1.44 bits per heavy atom. The zero-order valence-electron chi connectivity index (χ0n) is 11.2. The highest BCUT2D eigenvalue weighted by Gasteiger charge is 2.32. The average Bonchev–Trinajstić information content (AvgIpc) is 2.68. The Labute approximate surface area is 117 Å². The molecule has 0 amide bonds. The summed E-state index contributed by atoms with van der Waals surface area (Å²) < 4.78 is 29.0. The highest BCUT2D eigenvalue weighted by atomic mass is 79.9. The summed E-state index contributed by atoms with van der Waals surface area (Å²) in [5.74, 6) is 0.674. The SMILES string of the molecule is CCC(CC)(CBr)NS(=O)(=O)c1cn(C)c(C)n1. The van der Waals surface area contributed by atoms with Crippen molar-refractivity contribution in [3.05, 3.63) is 12.0 Å². The van der Waals surface area contributed by atoms with Crippen LogP contribution in [0.1, 0.15) is 32.5 Å². The number of hydrogen-bond donors (Lipinski definition) is 1. The van der Waals surface area contributed by atoms with E-state index < -0.39 is 15.6 Å². The van der Waals surface area contributed by atoms with E-state index in [0.29, 0.717) is 11.2 Å². The first-order chi connectivity index (χ1) is 8.30. The first kappa shape index (κ1) is 15.7. The third kappa shape index (κ3) is 3.13. The molecule has 0 unspecified atom stereocenters. The summed E-state index contributed by atoms with van der Waals surface area (Å²) in [7, 11) is -1.79. The van der Waals surface area contributed by atoms with Crippen molar-refractivity contribution in [1.82, 2.24) is 14.3 Å². The monoisotopic (exact) mass is 337 g/mol. The van der Waals surface area contributed by atoms with Crippen LogP contribution in [-0.4, -0.2) is 28.8 Å². The zero-order valence-corrected chi connectivity index (χ0v) is 13.6. The van der Waals surface area contributed by atoms with Gasteiger partial charge in [-0.15, -0.1) is 0 Å². The van der Waals surface area contributed by atoms with Crippen LogP contribution in [0.15, 0.2) is 11.2 Å². The van der Waals surface area contributed by atoms with E-state index in [0.717, 1.165) is 12.8 Å². The van der Waals surface area contributed by atoms with E-state index in [1.54, 1.807) is 18.5 Å². The number of aryl methyl sites for hydroxylation is 2. The van der Waals surface area contributed by atoms with Crippen molar-refractivity contribution >= 4 is 26.0 Å². The molecule has 0 bridgehead atoms. The first-order valence-electron chi connectivity index (χ1n) is 5.90. The number of rotatable bonds is 6. The predicted octanol–water partition coefficient (Wildman–Crippen LogP) is 1.96. The Morgan fingerprint density at radius 2 is 2.00 bits per heavy atom. The normalized spacial score (nSPS) is 12.9. The molecule has 7 heteroatoms. The highest BCUT2D eigenvalue weighted by Crippen LogP contribution is 2.21. The fourth-order valence-electron chi connectivity index (χ4n) is 1.60. The Bertz CT molecular complexity index is 479. The van der Waals surface area contributed by atoms with Crippen molar-refractivity contribution in [3.63, 3.8) is 0 Å². The summed E-state index contributed by atoms with van der Waals surface area (Å²) in [6.45, 7) is 5.71. The van der Waals surface area contributed by atoms with E-state index in [9.17, 15) is 8.42 Å². The molecule has 0 aromatic carbocycles. The van der Waals surface area contributed by atoms with Gasteiger partial charge in [0.15, 0.2) is 5.03 Å². The second kappa shape index (κ2) is 5.71. The number of aromatic nitrogens is 2. The molecule has 104 valence electrons. The summed E-state index contributed by atoms with van der Waals surface area (Å²) in [5, 5.41) is 0.660. The average molecular weight is 338 g/mol. The Hall–Kier alpha value is -0.400. The summed E-state index contributed by atoms with van der Waals surface area (Å²) in [4.78, 5) is 4.07. The molecule has 0 saturated heterocycles. The van der Waals surface area contributed by atoms with Gasteiger partial charge in [0.1, 0.15) is 5.82 Å². The minimum atomic E-state index is -3.57. The standard InChI is InChI=1S/C11H20BrN3O2S/c1-5-11(6-2,8-12)14-18(16,17)10-7-15(4)9(3)13-10/h7,14H,5-6,8H2,1-4H3. The molecule has 1 N–H and O–H groups in total. The van der Waals surface area contributed by atoms with Crippen LogP contribution in [0.3, 0.4) is 0 Å². The van der Waals surface area contributed by atoms with Crippen LogP contribution in [0.4, 0.5) is 0 Å². The van der Waals surface area contributed by atoms with Crippen molar-refractivity contribution < 1.29 is 8.42 Å². The molecule has 1 aromatic rings. The molecule has 0 aliphatic rings. The fourth-order valence-corrected chi connectivity index (χ4v) is 4.31. The van der Waals surface area contributed by atoms with E-state index in [-0.39, 0.29) is 5.03 Å². The molecule has 0 fully saturated rings. The second-order valence-electron chi connectivity index (χ2n) is 4.46. The van der Waals surface area contributed by atoms with Gasteiger partial charge in [-0.2, -0.15) is 0 Å². The number of nitrogens with one attached hydrogen (secondary N) is 1. The van der Waals surface area contributed by atoms with Gasteiger partial charge in [0, 0.05) is 24.1 Å². The minimum Gasteiger partial charge on any atom is -0.337 e. The van der Waals surface area contributed by atoms with Gasteiger partial charge in [-0.05, 0) is 19.8 Å². The van der Waals surface area contributed by atoms with Gasteiger partial charge >= 0.3 is 0 Å². The zero-order chi connectivity index (χ0) is 14.0. The van der Waals surface area contributed by atoms with Crippen LogP contribution in [0.2, 0.25) is 0 Å². The van der Waals surface area contributed by atoms with Crippen molar-refractivity contribution in [2.24, 2.45) is 7.05 Å². The van der Waals surface area contributed by atoms with Gasteiger partial charge < -0.3 is 4.57 Å². The smallest absolute Gasteiger partial charge is 0.260 e. The van der Waals surface area contributed by atoms with Gasteiger partial charge in [-0.3, -0.25) is 0 Å². The Morgan fingerprint density at radius 3 is 2.33 bits per heavy atom. The maximum Gasteiger partial charge on any atom is 0.260 e. The largest absolute Gasteiger partial charge is 0.337 e. The van der Waals surface area contributed by atoms with Gasteiger partial charge in [0.2, 0.25) is 0 Å². The third-order valence-corrected chi connectivity index (χ3v) is 5.84. The molecule has 0 spiro atoms. The molecule has 1 aromatic heterocycles. The molecule has 1 rings (SSSR count). The van der Waals surface area contributed by atoms with Crippen LogP contribution in [0, 0.1) is 6.92 Å². The van der Waals surface area contributed by atoms with Crippen LogP contribution in [-0.2, 0) is 17.1 Å². The van der Waals surface area contributed by atoms with Crippen molar-refractivity contribution in [2.75, 3.05) is 5.33 Å². The maximum absolute atomic E-state index is 12.3. The molecular weight excluding hydrogens is 318 g/mol. The summed E-state index contributed by atoms with van der Waals surface area (Å²) in [6, 6.07) is 0. The van der Waals surface area contributed by atoms with Gasteiger partial charge in [0.05, 0.1) is 0 Å². The number of alkyl halides is 1. The summed E-state index contributed by atoms with van der Waals surface area (Å²) in [5.41, 5.74) is -0.454. The van der Waals surface area contributed by atoms with Gasteiger partial charge in [-0.1, -0.05) is 29.8 Å². The molecule has 0 atom stereocenters. The van der Waals surface area contributed by atoms with Crippen LogP contribution in [0.5, 0.6) is 0 Å². The van der Waals surface area contributed by atoms with Crippen LogP contribution >= 0.6 is 15.9 Å². The second-order valence-corrected chi connectivity index (χ2v) is 6.65. The molecule has 0 aliphatic heterocycles. The number of nitrogens with zero attached hydrogens (tertiary/aromatic N) is 2. The molecule has 0 saturated carbocycles. The lowest BCUT2D eigenvalue weighted by Crippen LogP contribution is -2.49. The summed E-state index contributed by atoms with van der Waals surface area (Å²) >= 11 is 3.39. The molecule has 1 heterocycles. The maximum atomic E-state index is 12.3. The third-order valence-electron chi connectivity index (χ3n) is 3.32. The van der Waals surface area contributed by atoms with E-state index in [1.165, 1.54) is 6.20 Å². The molecule has 18 heavy (non-hydrogen) atoms. The topological polar surface area (TPSA) is 64.0 Å². The van der Waals surface area contributed by atoms with Crippen LogP contribution in [0.25, 0.3) is 0 Å². The molecule has 0 radical (unpaired) electrons. The Kier molecular flexibility index (Phi) is 4.97. The van der Waals surface area contributed by atoms with Gasteiger partial charge in [-0.25, -0.2) is 18.1 Å². The van der Waals surface area contributed by atoms with E-state index in [1.807, 2.05) is 13.8 Å². The van der Waals surface area contributed by atoms with E-state index in [4.69, 9.17) is 0 Å². The minimum absolute atomic E-state index is 0.0784. The lowest BCUT2D eigenvalue weighted by Gasteiger charge is -2.29. The summed E-state index contributed by atoms with van der Waals surface area (Å²) in [6.07, 6.45) is 2.97. The Balaban J connectivity index is 3.08. The number of sulfonamides is 1. The van der Waals surface area contributed by atoms with E-state index >= 15 is 0 Å². The predicted molar refractivity (Wildman–Crippen MR) is 75.4 cm³/mol. The number of halogens is 1. The van der Waals surface area contributed by atoms with Crippen molar-refractivity contribution in [1.29, 1.82) is 0 Å². The quantitative estimate of drug-likeness (QED) is 0.807. The lowest BCUT2D eigenvalue weighted by atomic mass is 9.97. The number of hydrogen-bond acceptors (Lipinski definition) is 3. The molecule has 0 aliphatic carbocycles. The van der Waals surface area contributed by atoms with Crippen molar-refractivity contribution in [2.45, 2.75) is 44.2 Å².